The highest BCUT2D eigenvalue weighted by Gasteiger charge is 2.03. The second-order valence-corrected chi connectivity index (χ2v) is 5.36. The van der Waals surface area contributed by atoms with Crippen LogP contribution in [0, 0.1) is 11.3 Å². The third kappa shape index (κ3) is 4.45. The van der Waals surface area contributed by atoms with Crippen molar-refractivity contribution in [2.45, 2.75) is 19.4 Å². The summed E-state index contributed by atoms with van der Waals surface area (Å²) in [5, 5.41) is 12.0. The lowest BCUT2D eigenvalue weighted by Crippen LogP contribution is -2.17. The van der Waals surface area contributed by atoms with Crippen LogP contribution < -0.4 is 5.32 Å². The number of anilines is 1. The zero-order chi connectivity index (χ0) is 12.0. The molecule has 0 bridgehead atoms. The molecule has 0 saturated heterocycles. The van der Waals surface area contributed by atoms with Crippen LogP contribution in [-0.4, -0.2) is 22.3 Å². The summed E-state index contributed by atoms with van der Waals surface area (Å²) < 4.78 is 10.9. The molecule has 4 heteroatoms. The molecule has 1 N–H and O–H groups in total. The van der Waals surface area contributed by atoms with Crippen molar-refractivity contribution >= 4 is 16.5 Å². The van der Waals surface area contributed by atoms with Crippen LogP contribution in [0.1, 0.15) is 18.9 Å². The van der Waals surface area contributed by atoms with Crippen LogP contribution in [0.25, 0.3) is 0 Å². The van der Waals surface area contributed by atoms with E-state index in [2.05, 4.69) is 18.3 Å². The number of benzene rings is 1. The highest BCUT2D eigenvalue weighted by atomic mass is 32.2. The Morgan fingerprint density at radius 1 is 1.44 bits per heavy atom. The summed E-state index contributed by atoms with van der Waals surface area (Å²) in [5.74, 6) is 0.713. The van der Waals surface area contributed by atoms with Gasteiger partial charge in [-0.25, -0.2) is 0 Å². The molecule has 0 spiro atoms. The topological polar surface area (TPSA) is 52.9 Å². The summed E-state index contributed by atoms with van der Waals surface area (Å²) in [4.78, 5) is 0. The Morgan fingerprint density at radius 3 is 2.56 bits per heavy atom. The fourth-order valence-corrected chi connectivity index (χ4v) is 2.03. The molecule has 0 fully saturated rings. The molecule has 1 aromatic carbocycles. The predicted octanol–water partition coefficient (Wildman–Crippen LogP) is 2.13. The van der Waals surface area contributed by atoms with E-state index in [-0.39, 0.29) is 6.04 Å². The molecule has 0 aliphatic rings. The second-order valence-electron chi connectivity index (χ2n) is 3.80. The molecule has 2 unspecified atom stereocenters. The molecule has 1 aromatic rings. The van der Waals surface area contributed by atoms with Crippen molar-refractivity contribution in [2.24, 2.45) is 0 Å². The first-order chi connectivity index (χ1) is 7.61. The summed E-state index contributed by atoms with van der Waals surface area (Å²) in [5.41, 5.74) is 1.65. The quantitative estimate of drug-likeness (QED) is 0.852. The standard InChI is InChI=1S/C12H16N2OS/c1-10(7-8-16(2)15)14-12-5-3-11(9-13)4-6-12/h3-6,10,14H,7-8H2,1-2H3. The van der Waals surface area contributed by atoms with E-state index in [0.29, 0.717) is 11.3 Å². The van der Waals surface area contributed by atoms with E-state index in [9.17, 15) is 4.21 Å². The predicted molar refractivity (Wildman–Crippen MR) is 67.8 cm³/mol. The maximum atomic E-state index is 10.9. The first-order valence-corrected chi connectivity index (χ1v) is 6.91. The Bertz CT molecular complexity index is 394. The van der Waals surface area contributed by atoms with Gasteiger partial charge in [-0.3, -0.25) is 4.21 Å². The first kappa shape index (κ1) is 12.7. The summed E-state index contributed by atoms with van der Waals surface area (Å²) in [6.45, 7) is 2.06. The molecule has 86 valence electrons. The highest BCUT2D eigenvalue weighted by Crippen LogP contribution is 2.11. The molecule has 16 heavy (non-hydrogen) atoms. The summed E-state index contributed by atoms with van der Waals surface area (Å²) in [6, 6.07) is 9.71. The smallest absolute Gasteiger partial charge is 0.0991 e. The van der Waals surface area contributed by atoms with E-state index in [1.807, 2.05) is 12.1 Å². The van der Waals surface area contributed by atoms with Crippen molar-refractivity contribution in [1.29, 1.82) is 5.26 Å². The first-order valence-electron chi connectivity index (χ1n) is 5.18. The molecular weight excluding hydrogens is 220 g/mol. The van der Waals surface area contributed by atoms with Gasteiger partial charge in [0.2, 0.25) is 0 Å². The van der Waals surface area contributed by atoms with Crippen molar-refractivity contribution in [3.8, 4) is 6.07 Å². The van der Waals surface area contributed by atoms with Gasteiger partial charge in [0.15, 0.2) is 0 Å². The molecule has 0 heterocycles. The Morgan fingerprint density at radius 2 is 2.06 bits per heavy atom. The highest BCUT2D eigenvalue weighted by molar-refractivity contribution is 7.84. The van der Waals surface area contributed by atoms with Crippen LogP contribution in [0.4, 0.5) is 5.69 Å². The Labute approximate surface area is 98.9 Å². The largest absolute Gasteiger partial charge is 0.383 e. The fraction of sp³-hybridized carbons (Fsp3) is 0.417. The van der Waals surface area contributed by atoms with Crippen molar-refractivity contribution in [2.75, 3.05) is 17.3 Å². The minimum atomic E-state index is -0.732. The van der Waals surface area contributed by atoms with Crippen LogP contribution in [0.5, 0.6) is 0 Å². The van der Waals surface area contributed by atoms with Gasteiger partial charge in [-0.1, -0.05) is 0 Å². The van der Waals surface area contributed by atoms with Gasteiger partial charge < -0.3 is 5.32 Å². The number of nitrogens with zero attached hydrogens (tertiary/aromatic N) is 1. The second kappa shape index (κ2) is 6.29. The average molecular weight is 236 g/mol. The summed E-state index contributed by atoms with van der Waals surface area (Å²) >= 11 is 0. The van der Waals surface area contributed by atoms with Crippen LogP contribution in [0.2, 0.25) is 0 Å². The molecule has 0 amide bonds. The van der Waals surface area contributed by atoms with Gasteiger partial charge in [-0.05, 0) is 37.6 Å². The van der Waals surface area contributed by atoms with E-state index in [1.54, 1.807) is 18.4 Å². The molecule has 0 saturated carbocycles. The van der Waals surface area contributed by atoms with Gasteiger partial charge in [0.25, 0.3) is 0 Å². The third-order valence-corrected chi connectivity index (χ3v) is 3.08. The zero-order valence-corrected chi connectivity index (χ0v) is 10.4. The molecule has 0 aliphatic carbocycles. The number of rotatable bonds is 5. The molecule has 2 atom stereocenters. The number of nitriles is 1. The van der Waals surface area contributed by atoms with Gasteiger partial charge >= 0.3 is 0 Å². The third-order valence-electron chi connectivity index (χ3n) is 2.27. The number of hydrogen-bond donors (Lipinski definition) is 1. The Hall–Kier alpha value is -1.34. The minimum absolute atomic E-state index is 0.289. The van der Waals surface area contributed by atoms with E-state index in [1.165, 1.54) is 0 Å². The van der Waals surface area contributed by atoms with Gasteiger partial charge in [0.1, 0.15) is 0 Å². The maximum absolute atomic E-state index is 10.9. The lowest BCUT2D eigenvalue weighted by atomic mass is 10.2. The SMILES string of the molecule is CC(CCS(C)=O)Nc1ccc(C#N)cc1. The molecular formula is C12H16N2OS. The van der Waals surface area contributed by atoms with E-state index in [0.717, 1.165) is 12.1 Å². The van der Waals surface area contributed by atoms with Crippen molar-refractivity contribution in [1.82, 2.24) is 0 Å². The van der Waals surface area contributed by atoms with Crippen LogP contribution in [-0.2, 0) is 10.8 Å². The summed E-state index contributed by atoms with van der Waals surface area (Å²) in [7, 11) is -0.732. The van der Waals surface area contributed by atoms with Crippen molar-refractivity contribution < 1.29 is 4.21 Å². The van der Waals surface area contributed by atoms with E-state index in [4.69, 9.17) is 5.26 Å². The van der Waals surface area contributed by atoms with E-state index >= 15 is 0 Å². The lowest BCUT2D eigenvalue weighted by molar-refractivity contribution is 0.678. The monoisotopic (exact) mass is 236 g/mol. The van der Waals surface area contributed by atoms with Crippen LogP contribution in [0.3, 0.4) is 0 Å². The van der Waals surface area contributed by atoms with Crippen molar-refractivity contribution in [3.05, 3.63) is 29.8 Å². The van der Waals surface area contributed by atoms with Gasteiger partial charge in [0.05, 0.1) is 11.6 Å². The van der Waals surface area contributed by atoms with Gasteiger partial charge in [0, 0.05) is 34.5 Å². The Balaban J connectivity index is 2.47. The van der Waals surface area contributed by atoms with E-state index < -0.39 is 10.8 Å². The normalized spacial score (nSPS) is 13.8. The minimum Gasteiger partial charge on any atom is -0.383 e. The van der Waals surface area contributed by atoms with Gasteiger partial charge in [-0.2, -0.15) is 5.26 Å². The van der Waals surface area contributed by atoms with Gasteiger partial charge in [-0.15, -0.1) is 0 Å². The lowest BCUT2D eigenvalue weighted by Gasteiger charge is -2.14. The number of nitrogens with one attached hydrogen (secondary N) is 1. The fourth-order valence-electron chi connectivity index (χ4n) is 1.34. The molecule has 0 radical (unpaired) electrons. The van der Waals surface area contributed by atoms with Crippen LogP contribution in [0.15, 0.2) is 24.3 Å². The summed E-state index contributed by atoms with van der Waals surface area (Å²) in [6.07, 6.45) is 2.59. The zero-order valence-electron chi connectivity index (χ0n) is 9.56. The van der Waals surface area contributed by atoms with Crippen molar-refractivity contribution in [3.63, 3.8) is 0 Å². The molecule has 1 rings (SSSR count). The van der Waals surface area contributed by atoms with Crippen LogP contribution >= 0.6 is 0 Å². The molecule has 0 aromatic heterocycles. The molecule has 0 aliphatic heterocycles. The number of hydrogen-bond acceptors (Lipinski definition) is 3. The molecule has 3 nitrogen and oxygen atoms in total. The Kier molecular flexibility index (Phi) is 5.00. The average Bonchev–Trinajstić information content (AvgIpc) is 2.27. The maximum Gasteiger partial charge on any atom is 0.0991 e.